The highest BCUT2D eigenvalue weighted by molar-refractivity contribution is 5.74. The second kappa shape index (κ2) is 3.48. The van der Waals surface area contributed by atoms with E-state index in [9.17, 15) is 0 Å². The fourth-order valence-corrected chi connectivity index (χ4v) is 1.81. The zero-order chi connectivity index (χ0) is 11.0. The van der Waals surface area contributed by atoms with Gasteiger partial charge in [0.25, 0.3) is 0 Å². The van der Waals surface area contributed by atoms with Gasteiger partial charge in [-0.05, 0) is 25.1 Å². The Morgan fingerprint density at radius 1 is 1.25 bits per heavy atom. The Morgan fingerprint density at radius 2 is 2.12 bits per heavy atom. The molecule has 0 spiro atoms. The van der Waals surface area contributed by atoms with Gasteiger partial charge in [0, 0.05) is 12.4 Å². The lowest BCUT2D eigenvalue weighted by atomic mass is 10.3. The van der Waals surface area contributed by atoms with E-state index in [-0.39, 0.29) is 6.04 Å². The molecule has 0 aliphatic rings. The number of aromatic amines is 1. The Morgan fingerprint density at radius 3 is 2.88 bits per heavy atom. The van der Waals surface area contributed by atoms with Crippen LogP contribution < -0.4 is 0 Å². The van der Waals surface area contributed by atoms with Crippen molar-refractivity contribution >= 4 is 11.0 Å². The number of imidazole rings is 1. The van der Waals surface area contributed by atoms with Crippen LogP contribution in [0.25, 0.3) is 11.0 Å². The quantitative estimate of drug-likeness (QED) is 0.708. The van der Waals surface area contributed by atoms with E-state index in [0.717, 1.165) is 16.9 Å². The van der Waals surface area contributed by atoms with Crippen LogP contribution in [0, 0.1) is 0 Å². The molecule has 3 rings (SSSR count). The molecular weight excluding hydrogens is 200 g/mol. The van der Waals surface area contributed by atoms with Crippen molar-refractivity contribution in [1.82, 2.24) is 19.7 Å². The fraction of sp³-hybridized carbons (Fsp3) is 0.167. The van der Waals surface area contributed by atoms with Crippen LogP contribution in [-0.2, 0) is 0 Å². The van der Waals surface area contributed by atoms with Crippen molar-refractivity contribution in [2.24, 2.45) is 0 Å². The van der Waals surface area contributed by atoms with Crippen molar-refractivity contribution in [2.45, 2.75) is 13.0 Å². The highest BCUT2D eigenvalue weighted by Gasteiger charge is 2.11. The van der Waals surface area contributed by atoms with Crippen molar-refractivity contribution in [3.8, 4) is 0 Å². The van der Waals surface area contributed by atoms with E-state index in [0.29, 0.717) is 0 Å². The van der Waals surface area contributed by atoms with E-state index in [4.69, 9.17) is 0 Å². The van der Waals surface area contributed by atoms with E-state index >= 15 is 0 Å². The summed E-state index contributed by atoms with van der Waals surface area (Å²) in [7, 11) is 0. The van der Waals surface area contributed by atoms with Gasteiger partial charge in [-0.1, -0.05) is 12.1 Å². The molecule has 2 aromatic heterocycles. The number of hydrogen-bond acceptors (Lipinski definition) is 2. The Balaban J connectivity index is 2.06. The van der Waals surface area contributed by atoms with Crippen molar-refractivity contribution in [3.63, 3.8) is 0 Å². The lowest BCUT2D eigenvalue weighted by molar-refractivity contribution is 0.542. The van der Waals surface area contributed by atoms with Gasteiger partial charge >= 0.3 is 0 Å². The molecule has 0 saturated carbocycles. The van der Waals surface area contributed by atoms with Crippen LogP contribution in [0.2, 0.25) is 0 Å². The molecular formula is C12H12N4. The summed E-state index contributed by atoms with van der Waals surface area (Å²) in [6.45, 7) is 2.07. The summed E-state index contributed by atoms with van der Waals surface area (Å²) in [5, 5.41) is 4.22. The number of para-hydroxylation sites is 2. The molecule has 16 heavy (non-hydrogen) atoms. The first kappa shape index (κ1) is 9.15. The van der Waals surface area contributed by atoms with Gasteiger partial charge in [0.15, 0.2) is 0 Å². The maximum atomic E-state index is 4.55. The second-order valence-electron chi connectivity index (χ2n) is 3.80. The predicted molar refractivity (Wildman–Crippen MR) is 62.1 cm³/mol. The molecule has 0 amide bonds. The SMILES string of the molecule is CC(c1nc2ccccc2[nH]1)n1cccn1. The van der Waals surface area contributed by atoms with E-state index in [1.54, 1.807) is 6.20 Å². The smallest absolute Gasteiger partial charge is 0.131 e. The molecule has 3 aromatic rings. The first-order valence-electron chi connectivity index (χ1n) is 5.28. The van der Waals surface area contributed by atoms with Gasteiger partial charge in [0.1, 0.15) is 11.9 Å². The first-order chi connectivity index (χ1) is 7.84. The zero-order valence-corrected chi connectivity index (χ0v) is 8.96. The number of benzene rings is 1. The monoisotopic (exact) mass is 212 g/mol. The van der Waals surface area contributed by atoms with Gasteiger partial charge in [0.05, 0.1) is 11.0 Å². The lowest BCUT2D eigenvalue weighted by Crippen LogP contribution is -2.08. The summed E-state index contributed by atoms with van der Waals surface area (Å²) in [4.78, 5) is 7.86. The van der Waals surface area contributed by atoms with Crippen LogP contribution in [-0.4, -0.2) is 19.7 Å². The van der Waals surface area contributed by atoms with Crippen LogP contribution in [0.5, 0.6) is 0 Å². The maximum Gasteiger partial charge on any atom is 0.131 e. The van der Waals surface area contributed by atoms with Crippen LogP contribution in [0.4, 0.5) is 0 Å². The number of nitrogens with zero attached hydrogens (tertiary/aromatic N) is 3. The number of rotatable bonds is 2. The predicted octanol–water partition coefficient (Wildman–Crippen LogP) is 2.37. The number of aromatic nitrogens is 4. The van der Waals surface area contributed by atoms with Gasteiger partial charge < -0.3 is 4.98 Å². The molecule has 80 valence electrons. The molecule has 0 aliphatic carbocycles. The van der Waals surface area contributed by atoms with Gasteiger partial charge in [-0.3, -0.25) is 4.68 Å². The number of fused-ring (bicyclic) bond motifs is 1. The van der Waals surface area contributed by atoms with Crippen molar-refractivity contribution < 1.29 is 0 Å². The zero-order valence-electron chi connectivity index (χ0n) is 8.96. The third-order valence-electron chi connectivity index (χ3n) is 2.73. The van der Waals surface area contributed by atoms with Crippen LogP contribution >= 0.6 is 0 Å². The molecule has 1 unspecified atom stereocenters. The average Bonchev–Trinajstić information content (AvgIpc) is 2.97. The Hall–Kier alpha value is -2.10. The third kappa shape index (κ3) is 1.39. The molecule has 0 bridgehead atoms. The van der Waals surface area contributed by atoms with Gasteiger partial charge in [-0.2, -0.15) is 5.10 Å². The fourth-order valence-electron chi connectivity index (χ4n) is 1.81. The molecule has 1 aromatic carbocycles. The summed E-state index contributed by atoms with van der Waals surface area (Å²) < 4.78 is 1.89. The molecule has 1 atom stereocenters. The Labute approximate surface area is 92.9 Å². The minimum Gasteiger partial charge on any atom is -0.340 e. The largest absolute Gasteiger partial charge is 0.340 e. The van der Waals surface area contributed by atoms with Crippen LogP contribution in [0.1, 0.15) is 18.8 Å². The first-order valence-corrected chi connectivity index (χ1v) is 5.28. The van der Waals surface area contributed by atoms with Crippen molar-refractivity contribution in [1.29, 1.82) is 0 Å². The standard InChI is InChI=1S/C12H12N4/c1-9(16-8-4-7-13-16)12-14-10-5-2-3-6-11(10)15-12/h2-9H,1H3,(H,14,15). The van der Waals surface area contributed by atoms with Crippen LogP contribution in [0.15, 0.2) is 42.7 Å². The Bertz CT molecular complexity index is 561. The molecule has 4 heteroatoms. The summed E-state index contributed by atoms with van der Waals surface area (Å²) >= 11 is 0. The molecule has 0 fully saturated rings. The molecule has 4 nitrogen and oxygen atoms in total. The third-order valence-corrected chi connectivity index (χ3v) is 2.73. The lowest BCUT2D eigenvalue weighted by Gasteiger charge is -2.08. The van der Waals surface area contributed by atoms with Crippen molar-refractivity contribution in [3.05, 3.63) is 48.5 Å². The summed E-state index contributed by atoms with van der Waals surface area (Å²) in [5.74, 6) is 0.935. The Kier molecular flexibility index (Phi) is 1.99. The van der Waals surface area contributed by atoms with E-state index in [1.807, 2.05) is 41.2 Å². The van der Waals surface area contributed by atoms with Gasteiger partial charge in [0.2, 0.25) is 0 Å². The highest BCUT2D eigenvalue weighted by atomic mass is 15.3. The molecule has 1 N–H and O–H groups in total. The van der Waals surface area contributed by atoms with E-state index in [1.165, 1.54) is 0 Å². The average molecular weight is 212 g/mol. The van der Waals surface area contributed by atoms with Gasteiger partial charge in [-0.25, -0.2) is 4.98 Å². The second-order valence-corrected chi connectivity index (χ2v) is 3.80. The minimum absolute atomic E-state index is 0.127. The van der Waals surface area contributed by atoms with E-state index in [2.05, 4.69) is 22.0 Å². The number of H-pyrrole nitrogens is 1. The number of nitrogens with one attached hydrogen (secondary N) is 1. The molecule has 0 saturated heterocycles. The highest BCUT2D eigenvalue weighted by Crippen LogP contribution is 2.17. The normalized spacial score (nSPS) is 13.1. The number of hydrogen-bond donors (Lipinski definition) is 1. The molecule has 0 radical (unpaired) electrons. The molecule has 2 heterocycles. The minimum atomic E-state index is 0.127. The van der Waals surface area contributed by atoms with Crippen molar-refractivity contribution in [2.75, 3.05) is 0 Å². The summed E-state index contributed by atoms with van der Waals surface area (Å²) in [6.07, 6.45) is 3.72. The van der Waals surface area contributed by atoms with Gasteiger partial charge in [-0.15, -0.1) is 0 Å². The summed E-state index contributed by atoms with van der Waals surface area (Å²) in [5.41, 5.74) is 2.06. The van der Waals surface area contributed by atoms with E-state index < -0.39 is 0 Å². The van der Waals surface area contributed by atoms with Crippen LogP contribution in [0.3, 0.4) is 0 Å². The molecule has 0 aliphatic heterocycles. The maximum absolute atomic E-state index is 4.55. The topological polar surface area (TPSA) is 46.5 Å². The summed E-state index contributed by atoms with van der Waals surface area (Å²) in [6, 6.07) is 10.1.